The molecule has 1 aliphatic carbocycles. The normalized spacial score (nSPS) is 23.7. The van der Waals surface area contributed by atoms with Crippen LogP contribution >= 0.6 is 0 Å². The molecule has 7 nitrogen and oxygen atoms in total. The van der Waals surface area contributed by atoms with Crippen molar-refractivity contribution in [3.05, 3.63) is 51.4 Å². The van der Waals surface area contributed by atoms with Crippen molar-refractivity contribution in [1.82, 2.24) is 24.8 Å². The van der Waals surface area contributed by atoms with E-state index in [4.69, 9.17) is 4.74 Å². The topological polar surface area (TPSA) is 74.8 Å². The number of hydrogen-bond donors (Lipinski definition) is 0. The highest BCUT2D eigenvalue weighted by Crippen LogP contribution is 2.53. The van der Waals surface area contributed by atoms with Gasteiger partial charge in [-0.3, -0.25) is 9.48 Å². The summed E-state index contributed by atoms with van der Waals surface area (Å²) in [4.78, 5) is 12.8. The first kappa shape index (κ1) is 16.4. The van der Waals surface area contributed by atoms with E-state index in [-0.39, 0.29) is 46.7 Å². The molecule has 3 atom stereocenters. The molecule has 0 unspecified atom stereocenters. The number of alkyl halides is 1. The summed E-state index contributed by atoms with van der Waals surface area (Å²) in [5.74, 6) is -1.09. The Bertz CT molecular complexity index is 1080. The molecule has 3 heterocycles. The highest BCUT2D eigenvalue weighted by atomic mass is 19.1. The third-order valence-electron chi connectivity index (χ3n) is 5.37. The quantitative estimate of drug-likeness (QED) is 0.691. The summed E-state index contributed by atoms with van der Waals surface area (Å²) in [6.45, 7) is -0.209. The zero-order valence-electron chi connectivity index (χ0n) is 14.0. The van der Waals surface area contributed by atoms with Gasteiger partial charge in [0.1, 0.15) is 23.8 Å². The molecular weight excluding hydrogens is 363 g/mol. The lowest BCUT2D eigenvalue weighted by Gasteiger charge is -2.07. The van der Waals surface area contributed by atoms with Crippen LogP contribution in [0.4, 0.5) is 13.2 Å². The molecule has 2 fully saturated rings. The van der Waals surface area contributed by atoms with Crippen molar-refractivity contribution in [2.24, 2.45) is 11.8 Å². The van der Waals surface area contributed by atoms with Crippen molar-refractivity contribution in [2.75, 3.05) is 13.2 Å². The van der Waals surface area contributed by atoms with Gasteiger partial charge >= 0.3 is 0 Å². The molecule has 1 saturated heterocycles. The van der Waals surface area contributed by atoms with E-state index < -0.39 is 23.9 Å². The first-order chi connectivity index (χ1) is 13.1. The minimum Gasteiger partial charge on any atom is -0.381 e. The number of benzene rings is 1. The number of fused-ring (bicyclic) bond motifs is 2. The fourth-order valence-corrected chi connectivity index (χ4v) is 3.84. The SMILES string of the molecule is O=c1c2nn(Cc3c(F)cccc3F)c(CF)c2nnn1[C@@H]1[C@@H]2COC[C@@H]21. The molecule has 2 aromatic heterocycles. The van der Waals surface area contributed by atoms with Crippen LogP contribution in [-0.2, 0) is 18.0 Å². The molecule has 140 valence electrons. The highest BCUT2D eigenvalue weighted by Gasteiger charge is 2.56. The number of aromatic nitrogens is 5. The highest BCUT2D eigenvalue weighted by molar-refractivity contribution is 5.75. The van der Waals surface area contributed by atoms with Crippen LogP contribution in [0.3, 0.4) is 0 Å². The predicted octanol–water partition coefficient (Wildman–Crippen LogP) is 1.60. The molecule has 0 spiro atoms. The second-order valence-electron chi connectivity index (χ2n) is 6.83. The summed E-state index contributed by atoms with van der Waals surface area (Å²) in [6.07, 6.45) is 0. The minimum absolute atomic E-state index is 0.0116. The molecule has 0 radical (unpaired) electrons. The van der Waals surface area contributed by atoms with Crippen molar-refractivity contribution >= 4 is 11.0 Å². The molecule has 10 heteroatoms. The summed E-state index contributed by atoms with van der Waals surface area (Å²) in [5.41, 5.74) is -0.828. The smallest absolute Gasteiger partial charge is 0.298 e. The summed E-state index contributed by atoms with van der Waals surface area (Å²) < 4.78 is 49.1. The van der Waals surface area contributed by atoms with Crippen molar-refractivity contribution in [3.63, 3.8) is 0 Å². The van der Waals surface area contributed by atoms with E-state index in [0.717, 1.165) is 16.8 Å². The molecule has 1 aliphatic heterocycles. The van der Waals surface area contributed by atoms with Crippen LogP contribution in [0.1, 0.15) is 17.3 Å². The summed E-state index contributed by atoms with van der Waals surface area (Å²) in [7, 11) is 0. The first-order valence-electron chi connectivity index (χ1n) is 8.51. The Morgan fingerprint density at radius 3 is 2.52 bits per heavy atom. The minimum atomic E-state index is -0.993. The largest absolute Gasteiger partial charge is 0.381 e. The first-order valence-corrected chi connectivity index (χ1v) is 8.51. The average Bonchev–Trinajstić information content (AvgIpc) is 3.00. The lowest BCUT2D eigenvalue weighted by molar-refractivity contribution is 0.149. The molecule has 0 bridgehead atoms. The van der Waals surface area contributed by atoms with Gasteiger partial charge in [-0.15, -0.1) is 5.10 Å². The van der Waals surface area contributed by atoms with Gasteiger partial charge in [-0.25, -0.2) is 17.9 Å². The Hall–Kier alpha value is -2.75. The molecular formula is C17H14F3N5O2. The Morgan fingerprint density at radius 1 is 1.15 bits per heavy atom. The van der Waals surface area contributed by atoms with Gasteiger partial charge in [0.2, 0.25) is 0 Å². The number of hydrogen-bond acceptors (Lipinski definition) is 5. The maximum atomic E-state index is 13.9. The van der Waals surface area contributed by atoms with Crippen LogP contribution in [-0.4, -0.2) is 38.0 Å². The van der Waals surface area contributed by atoms with Gasteiger partial charge in [-0.1, -0.05) is 11.3 Å². The maximum absolute atomic E-state index is 13.9. The van der Waals surface area contributed by atoms with Crippen LogP contribution in [0, 0.1) is 23.5 Å². The Kier molecular flexibility index (Phi) is 3.58. The number of rotatable bonds is 4. The molecule has 3 aromatic rings. The zero-order chi connectivity index (χ0) is 18.7. The van der Waals surface area contributed by atoms with Gasteiger partial charge in [0.15, 0.2) is 5.52 Å². The van der Waals surface area contributed by atoms with E-state index >= 15 is 0 Å². The fourth-order valence-electron chi connectivity index (χ4n) is 3.84. The second kappa shape index (κ2) is 5.88. The lowest BCUT2D eigenvalue weighted by atomic mass is 10.2. The van der Waals surface area contributed by atoms with Gasteiger partial charge in [0, 0.05) is 17.4 Å². The van der Waals surface area contributed by atoms with Gasteiger partial charge in [-0.2, -0.15) is 5.10 Å². The molecule has 1 aromatic carbocycles. The standard InChI is InChI=1S/C17H14F3N5O2/c18-4-13-14-15(22-24(13)5-8-11(19)2-1-3-12(8)20)17(26)25(23-21-14)16-9-6-27-7-10(9)16/h1-3,9-10,16H,4-7H2/t9-,10+,16-. The van der Waals surface area contributed by atoms with Crippen LogP contribution in [0.25, 0.3) is 11.0 Å². The van der Waals surface area contributed by atoms with E-state index in [9.17, 15) is 18.0 Å². The van der Waals surface area contributed by atoms with Crippen LogP contribution < -0.4 is 5.56 Å². The van der Waals surface area contributed by atoms with Gasteiger partial charge in [0.05, 0.1) is 31.5 Å². The third kappa shape index (κ3) is 2.39. The van der Waals surface area contributed by atoms with E-state index in [2.05, 4.69) is 15.4 Å². The Balaban J connectivity index is 1.59. The Labute approximate surface area is 150 Å². The van der Waals surface area contributed by atoms with Crippen molar-refractivity contribution in [3.8, 4) is 0 Å². The lowest BCUT2D eigenvalue weighted by Crippen LogP contribution is -2.26. The predicted molar refractivity (Wildman–Crippen MR) is 86.7 cm³/mol. The summed E-state index contributed by atoms with van der Waals surface area (Å²) in [5, 5.41) is 12.0. The third-order valence-corrected chi connectivity index (χ3v) is 5.37. The van der Waals surface area contributed by atoms with E-state index in [1.165, 1.54) is 10.7 Å². The zero-order valence-corrected chi connectivity index (χ0v) is 14.0. The van der Waals surface area contributed by atoms with E-state index in [1.807, 2.05) is 0 Å². The fraction of sp³-hybridized carbons (Fsp3) is 0.412. The van der Waals surface area contributed by atoms with Crippen molar-refractivity contribution in [1.29, 1.82) is 0 Å². The van der Waals surface area contributed by atoms with Crippen LogP contribution in [0.15, 0.2) is 23.0 Å². The molecule has 2 aliphatic rings. The number of nitrogens with zero attached hydrogens (tertiary/aromatic N) is 5. The van der Waals surface area contributed by atoms with E-state index in [0.29, 0.717) is 13.2 Å². The Morgan fingerprint density at radius 2 is 1.85 bits per heavy atom. The monoisotopic (exact) mass is 377 g/mol. The molecule has 0 N–H and O–H groups in total. The summed E-state index contributed by atoms with van der Waals surface area (Å²) >= 11 is 0. The number of ether oxygens (including phenoxy) is 1. The molecule has 5 rings (SSSR count). The molecule has 0 amide bonds. The summed E-state index contributed by atoms with van der Waals surface area (Å²) in [6, 6.07) is 3.37. The second-order valence-corrected chi connectivity index (χ2v) is 6.83. The van der Waals surface area contributed by atoms with Crippen LogP contribution in [0.2, 0.25) is 0 Å². The van der Waals surface area contributed by atoms with Gasteiger partial charge < -0.3 is 4.74 Å². The van der Waals surface area contributed by atoms with Gasteiger partial charge in [0.25, 0.3) is 5.56 Å². The van der Waals surface area contributed by atoms with Gasteiger partial charge in [-0.05, 0) is 12.1 Å². The van der Waals surface area contributed by atoms with E-state index in [1.54, 1.807) is 0 Å². The number of halogens is 3. The maximum Gasteiger partial charge on any atom is 0.298 e. The molecule has 27 heavy (non-hydrogen) atoms. The average molecular weight is 377 g/mol. The van der Waals surface area contributed by atoms with Crippen molar-refractivity contribution < 1.29 is 17.9 Å². The molecule has 1 saturated carbocycles. The van der Waals surface area contributed by atoms with Crippen molar-refractivity contribution in [2.45, 2.75) is 19.3 Å². The van der Waals surface area contributed by atoms with Crippen LogP contribution in [0.5, 0.6) is 0 Å².